The van der Waals surface area contributed by atoms with Gasteiger partial charge in [0, 0.05) is 31.0 Å². The van der Waals surface area contributed by atoms with Gasteiger partial charge in [0.15, 0.2) is 5.65 Å². The Balaban J connectivity index is 1.05. The zero-order valence-electron chi connectivity index (χ0n) is 21.8. The van der Waals surface area contributed by atoms with E-state index in [9.17, 15) is 23.9 Å². The number of nitrogens with one attached hydrogen (secondary N) is 1. The van der Waals surface area contributed by atoms with E-state index in [1.807, 2.05) is 4.90 Å². The molecule has 2 amide bonds. The summed E-state index contributed by atoms with van der Waals surface area (Å²) in [5.41, 5.74) is -0.501. The molecule has 3 aromatic rings. The SMILES string of the molecule is O=C(NC1CCC(C(=O)N2CCC(O)(Cn3cnc4c(cnn4-c4ccc(F)cc4)c3=O)CC2)CC1)C1CC1. The molecule has 2 N–H and O–H groups in total. The molecule has 0 atom stereocenters. The van der Waals surface area contributed by atoms with Gasteiger partial charge >= 0.3 is 0 Å². The van der Waals surface area contributed by atoms with Gasteiger partial charge in [0.25, 0.3) is 5.56 Å². The molecule has 3 fully saturated rings. The Morgan fingerprint density at radius 2 is 1.69 bits per heavy atom. The van der Waals surface area contributed by atoms with Crippen LogP contribution in [-0.2, 0) is 16.1 Å². The third-order valence-electron chi connectivity index (χ3n) is 8.47. The summed E-state index contributed by atoms with van der Waals surface area (Å²) in [7, 11) is 0. The van der Waals surface area contributed by atoms with Crippen molar-refractivity contribution in [3.8, 4) is 5.69 Å². The Bertz CT molecular complexity index is 1430. The lowest BCUT2D eigenvalue weighted by molar-refractivity contribution is -0.141. The minimum absolute atomic E-state index is 0.0443. The minimum atomic E-state index is -1.13. The van der Waals surface area contributed by atoms with E-state index in [2.05, 4.69) is 15.4 Å². The first-order valence-corrected chi connectivity index (χ1v) is 13.8. The largest absolute Gasteiger partial charge is 0.388 e. The van der Waals surface area contributed by atoms with E-state index in [0.717, 1.165) is 38.5 Å². The topological polar surface area (TPSA) is 122 Å². The van der Waals surface area contributed by atoms with Gasteiger partial charge in [-0.3, -0.25) is 19.0 Å². The molecule has 2 saturated carbocycles. The summed E-state index contributed by atoms with van der Waals surface area (Å²) >= 11 is 0. The summed E-state index contributed by atoms with van der Waals surface area (Å²) in [5.74, 6) is 0.0713. The smallest absolute Gasteiger partial charge is 0.264 e. The van der Waals surface area contributed by atoms with E-state index in [1.165, 1.54) is 33.9 Å². The number of aromatic nitrogens is 4. The minimum Gasteiger partial charge on any atom is -0.388 e. The lowest BCUT2D eigenvalue weighted by Gasteiger charge is -2.40. The molecular weight excluding hydrogens is 503 g/mol. The fourth-order valence-electron chi connectivity index (χ4n) is 5.86. The van der Waals surface area contributed by atoms with E-state index >= 15 is 0 Å². The van der Waals surface area contributed by atoms with Crippen molar-refractivity contribution in [2.75, 3.05) is 13.1 Å². The van der Waals surface area contributed by atoms with Crippen molar-refractivity contribution >= 4 is 22.8 Å². The fourth-order valence-corrected chi connectivity index (χ4v) is 5.86. The number of carbonyl (C=O) groups is 2. The maximum atomic E-state index is 13.3. The average Bonchev–Trinajstić information content (AvgIpc) is 3.71. The molecule has 3 aliphatic rings. The van der Waals surface area contributed by atoms with Crippen LogP contribution >= 0.6 is 0 Å². The fraction of sp³-hybridized carbons (Fsp3) is 0.536. The van der Waals surface area contributed by atoms with E-state index in [-0.39, 0.29) is 47.6 Å². The van der Waals surface area contributed by atoms with Crippen molar-refractivity contribution in [2.24, 2.45) is 11.8 Å². The van der Waals surface area contributed by atoms with Gasteiger partial charge in [0.1, 0.15) is 17.5 Å². The van der Waals surface area contributed by atoms with Gasteiger partial charge < -0.3 is 15.3 Å². The number of fused-ring (bicyclic) bond motifs is 1. The molecule has 1 aliphatic heterocycles. The molecule has 3 heterocycles. The highest BCUT2D eigenvalue weighted by Gasteiger charge is 2.38. The number of hydrogen-bond donors (Lipinski definition) is 2. The molecule has 39 heavy (non-hydrogen) atoms. The van der Waals surface area contributed by atoms with Crippen LogP contribution in [0.25, 0.3) is 16.7 Å². The maximum Gasteiger partial charge on any atom is 0.264 e. The molecule has 1 saturated heterocycles. The number of rotatable bonds is 6. The molecule has 0 spiro atoms. The summed E-state index contributed by atoms with van der Waals surface area (Å²) < 4.78 is 16.2. The average molecular weight is 537 g/mol. The Kier molecular flexibility index (Phi) is 6.70. The van der Waals surface area contributed by atoms with Gasteiger partial charge in [-0.1, -0.05) is 0 Å². The van der Waals surface area contributed by atoms with Gasteiger partial charge in [-0.05, 0) is 75.6 Å². The Hall–Kier alpha value is -3.60. The molecule has 206 valence electrons. The van der Waals surface area contributed by atoms with Crippen LogP contribution < -0.4 is 10.9 Å². The molecule has 0 radical (unpaired) electrons. The second kappa shape index (κ2) is 10.2. The summed E-state index contributed by atoms with van der Waals surface area (Å²) in [6.07, 6.45) is 8.72. The molecule has 6 rings (SSSR count). The lowest BCUT2D eigenvalue weighted by atomic mass is 9.84. The summed E-state index contributed by atoms with van der Waals surface area (Å²) in [6.45, 7) is 0.936. The Labute approximate surface area is 224 Å². The molecule has 2 aromatic heterocycles. The Morgan fingerprint density at radius 3 is 2.36 bits per heavy atom. The summed E-state index contributed by atoms with van der Waals surface area (Å²) in [4.78, 5) is 44.6. The van der Waals surface area contributed by atoms with Crippen LogP contribution in [-0.4, -0.2) is 65.9 Å². The highest BCUT2D eigenvalue weighted by Crippen LogP contribution is 2.32. The van der Waals surface area contributed by atoms with Crippen LogP contribution in [0.3, 0.4) is 0 Å². The maximum absolute atomic E-state index is 13.3. The van der Waals surface area contributed by atoms with Crippen LogP contribution in [0.15, 0.2) is 41.6 Å². The molecule has 0 bridgehead atoms. The van der Waals surface area contributed by atoms with E-state index in [1.54, 1.807) is 12.1 Å². The van der Waals surface area contributed by atoms with Crippen LogP contribution in [0.2, 0.25) is 0 Å². The molecule has 11 heteroatoms. The summed E-state index contributed by atoms with van der Waals surface area (Å²) in [5, 5.41) is 19.0. The van der Waals surface area contributed by atoms with E-state index in [4.69, 9.17) is 0 Å². The normalized spacial score (nSPS) is 23.1. The number of aliphatic hydroxyl groups is 1. The van der Waals surface area contributed by atoms with Crippen molar-refractivity contribution in [3.63, 3.8) is 0 Å². The highest BCUT2D eigenvalue weighted by molar-refractivity contribution is 5.81. The van der Waals surface area contributed by atoms with Crippen LogP contribution in [0.1, 0.15) is 51.4 Å². The van der Waals surface area contributed by atoms with Gasteiger partial charge in [0.05, 0.1) is 24.0 Å². The zero-order valence-corrected chi connectivity index (χ0v) is 21.8. The third kappa shape index (κ3) is 5.32. The van der Waals surface area contributed by atoms with E-state index in [0.29, 0.717) is 42.7 Å². The molecular formula is C28H33FN6O4. The van der Waals surface area contributed by atoms with Gasteiger partial charge in [-0.15, -0.1) is 0 Å². The Morgan fingerprint density at radius 1 is 1.03 bits per heavy atom. The number of hydrogen-bond acceptors (Lipinski definition) is 6. The first kappa shape index (κ1) is 25.7. The lowest BCUT2D eigenvalue weighted by Crippen LogP contribution is -2.51. The van der Waals surface area contributed by atoms with Crippen LogP contribution in [0, 0.1) is 17.7 Å². The second-order valence-electron chi connectivity index (χ2n) is 11.3. The highest BCUT2D eigenvalue weighted by atomic mass is 19.1. The first-order chi connectivity index (χ1) is 18.8. The zero-order chi connectivity index (χ0) is 27.1. The number of benzene rings is 1. The predicted molar refractivity (Wildman–Crippen MR) is 140 cm³/mol. The number of amides is 2. The quantitative estimate of drug-likeness (QED) is 0.498. The molecule has 2 aliphatic carbocycles. The molecule has 10 nitrogen and oxygen atoms in total. The van der Waals surface area contributed by atoms with Crippen molar-refractivity contribution in [1.82, 2.24) is 29.5 Å². The van der Waals surface area contributed by atoms with Crippen molar-refractivity contribution in [2.45, 2.75) is 69.6 Å². The number of piperidine rings is 1. The predicted octanol–water partition coefficient (Wildman–Crippen LogP) is 2.16. The number of carbonyl (C=O) groups excluding carboxylic acids is 2. The second-order valence-corrected chi connectivity index (χ2v) is 11.3. The van der Waals surface area contributed by atoms with Gasteiger partial charge in [0.2, 0.25) is 11.8 Å². The van der Waals surface area contributed by atoms with Crippen molar-refractivity contribution in [1.29, 1.82) is 0 Å². The first-order valence-electron chi connectivity index (χ1n) is 13.8. The van der Waals surface area contributed by atoms with Gasteiger partial charge in [-0.25, -0.2) is 14.1 Å². The number of nitrogens with zero attached hydrogens (tertiary/aromatic N) is 5. The third-order valence-corrected chi connectivity index (χ3v) is 8.47. The molecule has 0 unspecified atom stereocenters. The number of likely N-dealkylation sites (tertiary alicyclic amines) is 1. The number of halogens is 1. The van der Waals surface area contributed by atoms with Gasteiger partial charge in [-0.2, -0.15) is 5.10 Å². The van der Waals surface area contributed by atoms with Crippen molar-refractivity contribution in [3.05, 3.63) is 53.0 Å². The molecule has 1 aromatic carbocycles. The summed E-state index contributed by atoms with van der Waals surface area (Å²) in [6, 6.07) is 5.92. The van der Waals surface area contributed by atoms with Crippen LogP contribution in [0.5, 0.6) is 0 Å². The monoisotopic (exact) mass is 536 g/mol. The van der Waals surface area contributed by atoms with E-state index < -0.39 is 5.60 Å². The van der Waals surface area contributed by atoms with Crippen molar-refractivity contribution < 1.29 is 19.1 Å². The van der Waals surface area contributed by atoms with Crippen LogP contribution in [0.4, 0.5) is 4.39 Å². The standard InChI is InChI=1S/C28H33FN6O4/c29-20-5-9-22(10-6-20)35-24-23(15-31-35)27(38)34(17-30-24)16-28(39)11-13-33(14-12-28)26(37)19-3-7-21(8-4-19)32-25(36)18-1-2-18/h5-6,9-10,15,17-19,21,39H,1-4,7-8,11-14,16H2,(H,32,36).